The van der Waals surface area contributed by atoms with E-state index in [1.165, 1.54) is 24.8 Å². The SMILES string of the molecule is CNC(=O)C1CCN(Cc2ccc(C(=O)N(C)CCN3CCCCC3)cc2)CC1. The molecule has 0 bridgehead atoms. The van der Waals surface area contributed by atoms with Crippen LogP contribution in [0, 0.1) is 5.92 Å². The number of likely N-dealkylation sites (tertiary alicyclic amines) is 2. The molecular formula is C23H36N4O2. The Morgan fingerprint density at radius 1 is 1.00 bits per heavy atom. The number of hydrogen-bond donors (Lipinski definition) is 1. The van der Waals surface area contributed by atoms with E-state index in [-0.39, 0.29) is 17.7 Å². The minimum absolute atomic E-state index is 0.0972. The van der Waals surface area contributed by atoms with Crippen LogP contribution in [-0.2, 0) is 11.3 Å². The van der Waals surface area contributed by atoms with E-state index < -0.39 is 0 Å². The molecule has 1 aromatic rings. The zero-order chi connectivity index (χ0) is 20.6. The molecule has 1 aromatic carbocycles. The molecule has 0 spiro atoms. The molecule has 2 heterocycles. The molecule has 2 amide bonds. The number of amides is 2. The second-order valence-corrected chi connectivity index (χ2v) is 8.49. The largest absolute Gasteiger partial charge is 0.359 e. The molecule has 0 unspecified atom stereocenters. The van der Waals surface area contributed by atoms with Crippen molar-refractivity contribution in [1.82, 2.24) is 20.0 Å². The molecule has 0 saturated carbocycles. The number of hydrogen-bond acceptors (Lipinski definition) is 4. The maximum Gasteiger partial charge on any atom is 0.253 e. The predicted octanol–water partition coefficient (Wildman–Crippen LogP) is 2.20. The Balaban J connectivity index is 1.44. The molecule has 2 aliphatic rings. The van der Waals surface area contributed by atoms with Crippen molar-refractivity contribution >= 4 is 11.8 Å². The average Bonchev–Trinajstić information content (AvgIpc) is 2.78. The quantitative estimate of drug-likeness (QED) is 0.762. The number of benzene rings is 1. The fraction of sp³-hybridized carbons (Fsp3) is 0.652. The Morgan fingerprint density at radius 2 is 1.66 bits per heavy atom. The third kappa shape index (κ3) is 6.28. The lowest BCUT2D eigenvalue weighted by molar-refractivity contribution is -0.125. The van der Waals surface area contributed by atoms with Gasteiger partial charge >= 0.3 is 0 Å². The zero-order valence-corrected chi connectivity index (χ0v) is 18.0. The number of nitrogens with one attached hydrogen (secondary N) is 1. The van der Waals surface area contributed by atoms with Crippen molar-refractivity contribution in [2.75, 3.05) is 53.4 Å². The van der Waals surface area contributed by atoms with Gasteiger partial charge in [-0.25, -0.2) is 0 Å². The fourth-order valence-corrected chi connectivity index (χ4v) is 4.36. The van der Waals surface area contributed by atoms with Crippen LogP contribution in [0.15, 0.2) is 24.3 Å². The summed E-state index contributed by atoms with van der Waals surface area (Å²) < 4.78 is 0. The van der Waals surface area contributed by atoms with Crippen molar-refractivity contribution in [3.8, 4) is 0 Å². The summed E-state index contributed by atoms with van der Waals surface area (Å²) in [6.45, 7) is 6.83. The minimum atomic E-state index is 0.0972. The lowest BCUT2D eigenvalue weighted by Gasteiger charge is -2.31. The number of carbonyl (C=O) groups is 2. The molecule has 2 fully saturated rings. The van der Waals surface area contributed by atoms with Crippen LogP contribution in [0.3, 0.4) is 0 Å². The number of nitrogens with zero attached hydrogens (tertiary/aromatic N) is 3. The van der Waals surface area contributed by atoms with Crippen LogP contribution in [0.4, 0.5) is 0 Å². The zero-order valence-electron chi connectivity index (χ0n) is 18.0. The number of piperidine rings is 2. The van der Waals surface area contributed by atoms with Crippen molar-refractivity contribution < 1.29 is 9.59 Å². The third-order valence-corrected chi connectivity index (χ3v) is 6.36. The van der Waals surface area contributed by atoms with Crippen molar-refractivity contribution in [2.24, 2.45) is 5.92 Å². The standard InChI is InChI=1S/C23H36N4O2/c1-24-22(28)20-10-14-27(15-11-20)18-19-6-8-21(9-7-19)23(29)25(2)16-17-26-12-4-3-5-13-26/h6-9,20H,3-5,10-18H2,1-2H3,(H,24,28). The Kier molecular flexibility index (Phi) is 8.07. The summed E-state index contributed by atoms with van der Waals surface area (Å²) in [5.74, 6) is 0.411. The van der Waals surface area contributed by atoms with Crippen LogP contribution in [0.2, 0.25) is 0 Å². The Morgan fingerprint density at radius 3 is 2.28 bits per heavy atom. The molecule has 2 saturated heterocycles. The second-order valence-electron chi connectivity index (χ2n) is 8.49. The maximum atomic E-state index is 12.7. The van der Waals surface area contributed by atoms with Gasteiger partial charge in [-0.1, -0.05) is 18.6 Å². The lowest BCUT2D eigenvalue weighted by atomic mass is 9.95. The van der Waals surface area contributed by atoms with Gasteiger partial charge < -0.3 is 15.1 Å². The van der Waals surface area contributed by atoms with E-state index in [1.54, 1.807) is 7.05 Å². The summed E-state index contributed by atoms with van der Waals surface area (Å²) in [6.07, 6.45) is 5.73. The first-order chi connectivity index (χ1) is 14.1. The van der Waals surface area contributed by atoms with Gasteiger partial charge in [0.2, 0.25) is 5.91 Å². The highest BCUT2D eigenvalue weighted by atomic mass is 16.2. The number of carbonyl (C=O) groups excluding carboxylic acids is 2. The van der Waals surface area contributed by atoms with Crippen molar-refractivity contribution in [2.45, 2.75) is 38.6 Å². The normalized spacial score (nSPS) is 19.1. The highest BCUT2D eigenvalue weighted by Crippen LogP contribution is 2.19. The molecule has 6 heteroatoms. The average molecular weight is 401 g/mol. The summed E-state index contributed by atoms with van der Waals surface area (Å²) in [6, 6.07) is 8.03. The molecule has 29 heavy (non-hydrogen) atoms. The van der Waals surface area contributed by atoms with E-state index in [2.05, 4.69) is 27.2 Å². The van der Waals surface area contributed by atoms with Crippen molar-refractivity contribution in [3.63, 3.8) is 0 Å². The van der Waals surface area contributed by atoms with E-state index in [1.807, 2.05) is 24.1 Å². The molecule has 6 nitrogen and oxygen atoms in total. The van der Waals surface area contributed by atoms with Gasteiger partial charge in [-0.2, -0.15) is 0 Å². The molecule has 160 valence electrons. The number of rotatable bonds is 7. The monoisotopic (exact) mass is 400 g/mol. The molecule has 0 atom stereocenters. The van der Waals surface area contributed by atoms with E-state index >= 15 is 0 Å². The van der Waals surface area contributed by atoms with Gasteiger partial charge in [0.1, 0.15) is 0 Å². The Bertz CT molecular complexity index is 662. The van der Waals surface area contributed by atoms with Crippen LogP contribution in [0.1, 0.15) is 48.0 Å². The second kappa shape index (κ2) is 10.7. The highest BCUT2D eigenvalue weighted by molar-refractivity contribution is 5.94. The first-order valence-corrected chi connectivity index (χ1v) is 11.1. The number of likely N-dealkylation sites (N-methyl/N-ethyl adjacent to an activating group) is 1. The summed E-state index contributed by atoms with van der Waals surface area (Å²) >= 11 is 0. The first-order valence-electron chi connectivity index (χ1n) is 11.1. The van der Waals surface area contributed by atoms with Crippen LogP contribution in [0.5, 0.6) is 0 Å². The Hall–Kier alpha value is -1.92. The Labute approximate surface area is 175 Å². The van der Waals surface area contributed by atoms with Gasteiger partial charge in [0.25, 0.3) is 5.91 Å². The van der Waals surface area contributed by atoms with Gasteiger partial charge in [-0.15, -0.1) is 0 Å². The van der Waals surface area contributed by atoms with Crippen LogP contribution in [-0.4, -0.2) is 79.9 Å². The highest BCUT2D eigenvalue weighted by Gasteiger charge is 2.24. The van der Waals surface area contributed by atoms with Crippen LogP contribution < -0.4 is 5.32 Å². The minimum Gasteiger partial charge on any atom is -0.359 e. The van der Waals surface area contributed by atoms with Crippen molar-refractivity contribution in [3.05, 3.63) is 35.4 Å². The molecule has 3 rings (SSSR count). The van der Waals surface area contributed by atoms with Gasteiger partial charge in [-0.3, -0.25) is 14.5 Å². The van der Waals surface area contributed by atoms with E-state index in [0.717, 1.165) is 64.2 Å². The summed E-state index contributed by atoms with van der Waals surface area (Å²) in [5, 5.41) is 2.76. The predicted molar refractivity (Wildman–Crippen MR) is 116 cm³/mol. The van der Waals surface area contributed by atoms with E-state index in [0.29, 0.717) is 0 Å². The lowest BCUT2D eigenvalue weighted by Crippen LogP contribution is -2.39. The molecule has 1 N–H and O–H groups in total. The van der Waals surface area contributed by atoms with Gasteiger partial charge in [0.15, 0.2) is 0 Å². The smallest absolute Gasteiger partial charge is 0.253 e. The summed E-state index contributed by atoms with van der Waals surface area (Å²) in [5.41, 5.74) is 1.98. The molecule has 0 aromatic heterocycles. The molecular weight excluding hydrogens is 364 g/mol. The van der Waals surface area contributed by atoms with Gasteiger partial charge in [-0.05, 0) is 69.6 Å². The first kappa shape index (κ1) is 21.8. The third-order valence-electron chi connectivity index (χ3n) is 6.36. The maximum absolute atomic E-state index is 12.7. The van der Waals surface area contributed by atoms with Gasteiger partial charge in [0.05, 0.1) is 0 Å². The van der Waals surface area contributed by atoms with Gasteiger partial charge in [0, 0.05) is 45.2 Å². The van der Waals surface area contributed by atoms with Crippen molar-refractivity contribution in [1.29, 1.82) is 0 Å². The van der Waals surface area contributed by atoms with E-state index in [9.17, 15) is 9.59 Å². The topological polar surface area (TPSA) is 55.9 Å². The fourth-order valence-electron chi connectivity index (χ4n) is 4.36. The molecule has 0 radical (unpaired) electrons. The summed E-state index contributed by atoms with van der Waals surface area (Å²) in [4.78, 5) is 31.2. The van der Waals surface area contributed by atoms with E-state index in [4.69, 9.17) is 0 Å². The van der Waals surface area contributed by atoms with Crippen LogP contribution in [0.25, 0.3) is 0 Å². The molecule has 0 aliphatic carbocycles. The van der Waals surface area contributed by atoms with Crippen LogP contribution >= 0.6 is 0 Å². The summed E-state index contributed by atoms with van der Waals surface area (Å²) in [7, 11) is 3.61. The molecule has 2 aliphatic heterocycles.